The number of rotatable bonds is 11. The van der Waals surface area contributed by atoms with Crippen LogP contribution in [0.5, 0.6) is 0 Å². The van der Waals surface area contributed by atoms with E-state index in [-0.39, 0.29) is 12.7 Å². The molecule has 0 bridgehead atoms. The lowest BCUT2D eigenvalue weighted by Gasteiger charge is -2.15. The normalized spacial score (nSPS) is 12.5. The Morgan fingerprint density at radius 3 is 2.47 bits per heavy atom. The minimum Gasteiger partial charge on any atom is -0.394 e. The van der Waals surface area contributed by atoms with Crippen LogP contribution in [0.2, 0.25) is 0 Å². The Balaban J connectivity index is 2.08. The highest BCUT2D eigenvalue weighted by atomic mass is 16.5. The molecular formula is C17H28O2. The summed E-state index contributed by atoms with van der Waals surface area (Å²) in [7, 11) is 0. The van der Waals surface area contributed by atoms with Crippen LogP contribution in [0, 0.1) is 0 Å². The van der Waals surface area contributed by atoms with Crippen LogP contribution >= 0.6 is 0 Å². The monoisotopic (exact) mass is 264 g/mol. The summed E-state index contributed by atoms with van der Waals surface area (Å²) in [4.78, 5) is 0. The van der Waals surface area contributed by atoms with Crippen molar-refractivity contribution < 1.29 is 9.84 Å². The number of hydrogen-bond donors (Lipinski definition) is 1. The van der Waals surface area contributed by atoms with Crippen molar-refractivity contribution >= 4 is 0 Å². The summed E-state index contributed by atoms with van der Waals surface area (Å²) in [5, 5.41) is 9.30. The Kier molecular flexibility index (Phi) is 9.38. The molecule has 0 aromatic heterocycles. The summed E-state index contributed by atoms with van der Waals surface area (Å²) < 4.78 is 5.75. The van der Waals surface area contributed by atoms with Crippen molar-refractivity contribution in [2.45, 2.75) is 58.0 Å². The number of benzene rings is 1. The molecule has 2 heteroatoms. The molecule has 1 aromatic rings. The first-order chi connectivity index (χ1) is 9.36. The van der Waals surface area contributed by atoms with Crippen molar-refractivity contribution in [1.82, 2.24) is 0 Å². The van der Waals surface area contributed by atoms with Crippen molar-refractivity contribution in [1.29, 1.82) is 0 Å². The summed E-state index contributed by atoms with van der Waals surface area (Å²) in [5.74, 6) is 0. The lowest BCUT2D eigenvalue weighted by Crippen LogP contribution is -2.19. The maximum atomic E-state index is 9.30. The molecule has 0 saturated heterocycles. The van der Waals surface area contributed by atoms with Gasteiger partial charge >= 0.3 is 0 Å². The van der Waals surface area contributed by atoms with Gasteiger partial charge in [0.15, 0.2) is 0 Å². The number of aliphatic hydroxyl groups is 1. The summed E-state index contributed by atoms with van der Waals surface area (Å²) in [6.07, 6.45) is 8.24. The van der Waals surface area contributed by atoms with Crippen LogP contribution in [0.25, 0.3) is 0 Å². The van der Waals surface area contributed by atoms with Crippen LogP contribution in [0.3, 0.4) is 0 Å². The predicted molar refractivity (Wildman–Crippen MR) is 80.3 cm³/mol. The van der Waals surface area contributed by atoms with E-state index in [2.05, 4.69) is 19.1 Å². The van der Waals surface area contributed by atoms with Crippen LogP contribution in [0.4, 0.5) is 0 Å². The molecule has 0 aliphatic rings. The van der Waals surface area contributed by atoms with Crippen LogP contribution in [0.1, 0.15) is 51.0 Å². The van der Waals surface area contributed by atoms with E-state index < -0.39 is 0 Å². The number of unbranched alkanes of at least 4 members (excludes halogenated alkanes) is 4. The molecular weight excluding hydrogens is 236 g/mol. The van der Waals surface area contributed by atoms with E-state index in [1.54, 1.807) is 0 Å². The second kappa shape index (κ2) is 11.0. The Hall–Kier alpha value is -0.860. The molecule has 0 aliphatic heterocycles. The maximum absolute atomic E-state index is 9.30. The highest BCUT2D eigenvalue weighted by Crippen LogP contribution is 2.10. The molecule has 1 aromatic carbocycles. The SMILES string of the molecule is CCCCCCCC(CO)OCCc1ccccc1. The Bertz CT molecular complexity index is 297. The van der Waals surface area contributed by atoms with Gasteiger partial charge in [-0.2, -0.15) is 0 Å². The molecule has 0 fully saturated rings. The lowest BCUT2D eigenvalue weighted by atomic mass is 10.1. The van der Waals surface area contributed by atoms with Crippen molar-refractivity contribution in [3.05, 3.63) is 35.9 Å². The first-order valence-corrected chi connectivity index (χ1v) is 7.63. The smallest absolute Gasteiger partial charge is 0.0805 e. The Morgan fingerprint density at radius 1 is 1.05 bits per heavy atom. The quantitative estimate of drug-likeness (QED) is 0.613. The zero-order valence-corrected chi connectivity index (χ0v) is 12.2. The average Bonchev–Trinajstić information content (AvgIpc) is 2.46. The zero-order chi connectivity index (χ0) is 13.8. The maximum Gasteiger partial charge on any atom is 0.0805 e. The molecule has 0 aliphatic carbocycles. The second-order valence-corrected chi connectivity index (χ2v) is 5.11. The standard InChI is InChI=1S/C17H28O2/c1-2-3-4-5-9-12-17(15-18)19-14-13-16-10-7-6-8-11-16/h6-8,10-11,17-18H,2-5,9,12-15H2,1H3. The van der Waals surface area contributed by atoms with Gasteiger partial charge in [-0.15, -0.1) is 0 Å². The molecule has 108 valence electrons. The fourth-order valence-electron chi connectivity index (χ4n) is 2.19. The van der Waals surface area contributed by atoms with E-state index in [9.17, 15) is 5.11 Å². The molecule has 0 spiro atoms. The van der Waals surface area contributed by atoms with E-state index >= 15 is 0 Å². The molecule has 1 atom stereocenters. The molecule has 19 heavy (non-hydrogen) atoms. The van der Waals surface area contributed by atoms with Crippen molar-refractivity contribution in [3.63, 3.8) is 0 Å². The Morgan fingerprint density at radius 2 is 1.79 bits per heavy atom. The topological polar surface area (TPSA) is 29.5 Å². The number of ether oxygens (including phenoxy) is 1. The van der Waals surface area contributed by atoms with Gasteiger partial charge in [0.2, 0.25) is 0 Å². The Labute approximate surface area is 117 Å². The van der Waals surface area contributed by atoms with Gasteiger partial charge in [0.25, 0.3) is 0 Å². The predicted octanol–water partition coefficient (Wildman–Crippen LogP) is 3.97. The average molecular weight is 264 g/mol. The first-order valence-electron chi connectivity index (χ1n) is 7.63. The molecule has 0 heterocycles. The highest BCUT2D eigenvalue weighted by molar-refractivity contribution is 5.14. The first kappa shape index (κ1) is 16.2. The van der Waals surface area contributed by atoms with Crippen molar-refractivity contribution in [2.24, 2.45) is 0 Å². The van der Waals surface area contributed by atoms with Gasteiger partial charge in [0.05, 0.1) is 19.3 Å². The van der Waals surface area contributed by atoms with Crippen LogP contribution in [-0.2, 0) is 11.2 Å². The van der Waals surface area contributed by atoms with Gasteiger partial charge in [0.1, 0.15) is 0 Å². The second-order valence-electron chi connectivity index (χ2n) is 5.11. The largest absolute Gasteiger partial charge is 0.394 e. The highest BCUT2D eigenvalue weighted by Gasteiger charge is 2.07. The van der Waals surface area contributed by atoms with Gasteiger partial charge in [-0.05, 0) is 18.4 Å². The minimum atomic E-state index is 0.0188. The van der Waals surface area contributed by atoms with E-state index in [0.717, 1.165) is 19.3 Å². The molecule has 2 nitrogen and oxygen atoms in total. The minimum absolute atomic E-state index is 0.0188. The van der Waals surface area contributed by atoms with Gasteiger partial charge in [0, 0.05) is 0 Å². The molecule has 1 unspecified atom stereocenters. The molecule has 1 rings (SSSR count). The van der Waals surface area contributed by atoms with E-state index in [0.29, 0.717) is 6.61 Å². The van der Waals surface area contributed by atoms with E-state index in [1.807, 2.05) is 18.2 Å². The fraction of sp³-hybridized carbons (Fsp3) is 0.647. The third kappa shape index (κ3) is 8.02. The molecule has 0 saturated carbocycles. The van der Waals surface area contributed by atoms with E-state index in [1.165, 1.54) is 31.2 Å². The lowest BCUT2D eigenvalue weighted by molar-refractivity contribution is 0.00823. The van der Waals surface area contributed by atoms with E-state index in [4.69, 9.17) is 4.74 Å². The van der Waals surface area contributed by atoms with Crippen LogP contribution < -0.4 is 0 Å². The fourth-order valence-corrected chi connectivity index (χ4v) is 2.19. The summed E-state index contributed by atoms with van der Waals surface area (Å²) in [5.41, 5.74) is 1.29. The number of hydrogen-bond acceptors (Lipinski definition) is 2. The third-order valence-electron chi connectivity index (χ3n) is 3.42. The number of aliphatic hydroxyl groups excluding tert-OH is 1. The van der Waals surface area contributed by atoms with Crippen molar-refractivity contribution in [2.75, 3.05) is 13.2 Å². The van der Waals surface area contributed by atoms with Gasteiger partial charge in [-0.3, -0.25) is 0 Å². The third-order valence-corrected chi connectivity index (χ3v) is 3.42. The molecule has 0 amide bonds. The summed E-state index contributed by atoms with van der Waals surface area (Å²) >= 11 is 0. The van der Waals surface area contributed by atoms with Gasteiger partial charge < -0.3 is 9.84 Å². The van der Waals surface area contributed by atoms with Gasteiger partial charge in [-0.1, -0.05) is 69.4 Å². The van der Waals surface area contributed by atoms with Crippen LogP contribution in [0.15, 0.2) is 30.3 Å². The summed E-state index contributed by atoms with van der Waals surface area (Å²) in [6.45, 7) is 3.07. The zero-order valence-electron chi connectivity index (χ0n) is 12.2. The molecule has 0 radical (unpaired) electrons. The van der Waals surface area contributed by atoms with Crippen molar-refractivity contribution in [3.8, 4) is 0 Å². The van der Waals surface area contributed by atoms with Gasteiger partial charge in [-0.25, -0.2) is 0 Å². The molecule has 1 N–H and O–H groups in total. The van der Waals surface area contributed by atoms with Crippen LogP contribution in [-0.4, -0.2) is 24.4 Å². The summed E-state index contributed by atoms with van der Waals surface area (Å²) in [6, 6.07) is 10.3.